The van der Waals surface area contributed by atoms with Crippen LogP contribution in [0.5, 0.6) is 0 Å². The molecule has 0 unspecified atom stereocenters. The van der Waals surface area contributed by atoms with Crippen molar-refractivity contribution in [1.82, 2.24) is 9.13 Å². The van der Waals surface area contributed by atoms with Crippen LogP contribution in [0, 0.1) is 34.0 Å². The van der Waals surface area contributed by atoms with Crippen LogP contribution in [-0.4, -0.2) is 9.13 Å². The highest BCUT2D eigenvalue weighted by Gasteiger charge is 2.21. The second-order valence-electron chi connectivity index (χ2n) is 12.3. The Hall–Kier alpha value is -7.39. The highest BCUT2D eigenvalue weighted by molar-refractivity contribution is 6.12. The number of para-hydroxylation sites is 4. The van der Waals surface area contributed by atoms with Crippen LogP contribution in [0.15, 0.2) is 152 Å². The van der Waals surface area contributed by atoms with Gasteiger partial charge in [0.05, 0.1) is 56.2 Å². The summed E-state index contributed by atoms with van der Waals surface area (Å²) in [7, 11) is 0. The van der Waals surface area contributed by atoms with Gasteiger partial charge in [-0.25, -0.2) is 0 Å². The fourth-order valence-electron chi connectivity index (χ4n) is 7.51. The average molecular weight is 636 g/mol. The van der Waals surface area contributed by atoms with Crippen molar-refractivity contribution in [3.63, 3.8) is 0 Å². The standard InChI is InChI=1S/C45H25N5/c46-26-29-20-23-43-39(24-29)38-16-9-10-32(28-48)45(38)50(43)44-25-30(21-22-31(44)27-47)33-11-1-2-12-34(33)35-13-3-6-17-40(35)49-41-18-7-4-14-36(41)37-15-5-8-19-42(37)49/h1-25H. The van der Waals surface area contributed by atoms with Gasteiger partial charge < -0.3 is 9.13 Å². The topological polar surface area (TPSA) is 81.2 Å². The molecule has 2 aromatic heterocycles. The van der Waals surface area contributed by atoms with Gasteiger partial charge in [0.2, 0.25) is 0 Å². The van der Waals surface area contributed by atoms with Gasteiger partial charge in [0.1, 0.15) is 12.1 Å². The summed E-state index contributed by atoms with van der Waals surface area (Å²) in [5.74, 6) is 0. The molecule has 0 saturated carbocycles. The van der Waals surface area contributed by atoms with Crippen LogP contribution in [0.1, 0.15) is 16.7 Å². The molecule has 0 spiro atoms. The number of rotatable bonds is 4. The molecular weight excluding hydrogens is 611 g/mol. The van der Waals surface area contributed by atoms with Crippen LogP contribution < -0.4 is 0 Å². The van der Waals surface area contributed by atoms with E-state index in [1.807, 2.05) is 53.1 Å². The highest BCUT2D eigenvalue weighted by atomic mass is 15.0. The number of nitriles is 3. The maximum Gasteiger partial charge on any atom is 0.101 e. The van der Waals surface area contributed by atoms with Gasteiger partial charge in [-0.05, 0) is 71.3 Å². The molecule has 7 aromatic carbocycles. The Balaban J connectivity index is 1.30. The van der Waals surface area contributed by atoms with E-state index in [9.17, 15) is 15.8 Å². The SMILES string of the molecule is N#Cc1ccc2c(c1)c1cccc(C#N)c1n2-c1cc(-c2ccccc2-c2ccccc2-n2c3ccccc3c3ccccc32)ccc1C#N. The molecule has 0 aliphatic rings. The Bertz CT molecular complexity index is 2920. The van der Waals surface area contributed by atoms with E-state index >= 15 is 0 Å². The third-order valence-electron chi connectivity index (χ3n) is 9.65. The predicted octanol–water partition coefficient (Wildman–Crippen LogP) is 10.8. The number of fused-ring (bicyclic) bond motifs is 6. The molecule has 5 heteroatoms. The van der Waals surface area contributed by atoms with Crippen molar-refractivity contribution in [1.29, 1.82) is 15.8 Å². The van der Waals surface area contributed by atoms with Crippen LogP contribution >= 0.6 is 0 Å². The normalized spacial score (nSPS) is 11.1. The number of nitrogens with zero attached hydrogens (tertiary/aromatic N) is 5. The fourth-order valence-corrected chi connectivity index (χ4v) is 7.51. The molecule has 0 radical (unpaired) electrons. The summed E-state index contributed by atoms with van der Waals surface area (Å²) in [6, 6.07) is 58.0. The first-order valence-corrected chi connectivity index (χ1v) is 16.3. The summed E-state index contributed by atoms with van der Waals surface area (Å²) in [5.41, 5.74) is 11.1. The van der Waals surface area contributed by atoms with E-state index in [0.717, 1.165) is 55.3 Å². The lowest BCUT2D eigenvalue weighted by Gasteiger charge is -2.18. The van der Waals surface area contributed by atoms with Crippen LogP contribution in [0.4, 0.5) is 0 Å². The third kappa shape index (κ3) is 4.24. The van der Waals surface area contributed by atoms with Crippen molar-refractivity contribution in [3.05, 3.63) is 168 Å². The van der Waals surface area contributed by atoms with Gasteiger partial charge >= 0.3 is 0 Å². The van der Waals surface area contributed by atoms with Crippen molar-refractivity contribution >= 4 is 43.6 Å². The molecule has 50 heavy (non-hydrogen) atoms. The average Bonchev–Trinajstić information content (AvgIpc) is 3.70. The minimum absolute atomic E-state index is 0.479. The molecule has 0 aliphatic heterocycles. The second-order valence-corrected chi connectivity index (χ2v) is 12.3. The van der Waals surface area contributed by atoms with Crippen LogP contribution in [0.25, 0.3) is 77.2 Å². The molecule has 9 rings (SSSR count). The summed E-state index contributed by atoms with van der Waals surface area (Å²) in [4.78, 5) is 0. The molecule has 9 aromatic rings. The van der Waals surface area contributed by atoms with Gasteiger partial charge in [-0.2, -0.15) is 15.8 Å². The number of aromatic nitrogens is 2. The summed E-state index contributed by atoms with van der Waals surface area (Å²) in [6.45, 7) is 0. The predicted molar refractivity (Wildman–Crippen MR) is 200 cm³/mol. The van der Waals surface area contributed by atoms with Gasteiger partial charge in [0.25, 0.3) is 0 Å². The first-order valence-electron chi connectivity index (χ1n) is 16.3. The van der Waals surface area contributed by atoms with E-state index < -0.39 is 0 Å². The van der Waals surface area contributed by atoms with Crippen molar-refractivity contribution in [2.24, 2.45) is 0 Å². The van der Waals surface area contributed by atoms with Crippen LogP contribution in [0.2, 0.25) is 0 Å². The van der Waals surface area contributed by atoms with Crippen LogP contribution in [0.3, 0.4) is 0 Å². The molecule has 0 fully saturated rings. The van der Waals surface area contributed by atoms with E-state index in [-0.39, 0.29) is 0 Å². The summed E-state index contributed by atoms with van der Waals surface area (Å²) in [5, 5.41) is 34.4. The zero-order chi connectivity index (χ0) is 33.8. The van der Waals surface area contributed by atoms with Gasteiger partial charge in [0, 0.05) is 27.1 Å². The Kier molecular flexibility index (Phi) is 6.56. The fraction of sp³-hybridized carbons (Fsp3) is 0. The molecule has 230 valence electrons. The summed E-state index contributed by atoms with van der Waals surface area (Å²) in [6.07, 6.45) is 0. The number of hydrogen-bond acceptors (Lipinski definition) is 3. The monoisotopic (exact) mass is 635 g/mol. The first-order chi connectivity index (χ1) is 24.7. The smallest absolute Gasteiger partial charge is 0.101 e. The molecular formula is C45H25N5. The largest absolute Gasteiger partial charge is 0.309 e. The summed E-state index contributed by atoms with van der Waals surface area (Å²) < 4.78 is 4.35. The quantitative estimate of drug-likeness (QED) is 0.193. The zero-order valence-corrected chi connectivity index (χ0v) is 26.7. The van der Waals surface area contributed by atoms with Crippen molar-refractivity contribution in [2.45, 2.75) is 0 Å². The van der Waals surface area contributed by atoms with Gasteiger partial charge in [-0.15, -0.1) is 0 Å². The first kappa shape index (κ1) is 28.8. The van der Waals surface area contributed by atoms with Crippen LogP contribution in [-0.2, 0) is 0 Å². The Morgan fingerprint density at radius 2 is 1.00 bits per heavy atom. The van der Waals surface area contributed by atoms with E-state index in [0.29, 0.717) is 27.9 Å². The van der Waals surface area contributed by atoms with Gasteiger partial charge in [-0.1, -0.05) is 97.1 Å². The lowest BCUT2D eigenvalue weighted by molar-refractivity contribution is 1.16. The number of hydrogen-bond donors (Lipinski definition) is 0. The maximum atomic E-state index is 10.4. The molecule has 0 amide bonds. The van der Waals surface area contributed by atoms with E-state index in [1.165, 1.54) is 10.8 Å². The zero-order valence-electron chi connectivity index (χ0n) is 26.7. The van der Waals surface area contributed by atoms with Crippen molar-refractivity contribution in [3.8, 4) is 51.8 Å². The van der Waals surface area contributed by atoms with E-state index in [4.69, 9.17) is 0 Å². The van der Waals surface area contributed by atoms with Gasteiger partial charge in [0.15, 0.2) is 0 Å². The molecule has 0 saturated heterocycles. The van der Waals surface area contributed by atoms with Gasteiger partial charge in [-0.3, -0.25) is 0 Å². The number of benzene rings is 7. The molecule has 2 heterocycles. The lowest BCUT2D eigenvalue weighted by atomic mass is 9.92. The van der Waals surface area contributed by atoms with E-state index in [1.54, 1.807) is 12.1 Å². The Labute approximate surface area is 287 Å². The summed E-state index contributed by atoms with van der Waals surface area (Å²) >= 11 is 0. The molecule has 0 N–H and O–H groups in total. The second kappa shape index (κ2) is 11.4. The highest BCUT2D eigenvalue weighted by Crippen LogP contribution is 2.41. The van der Waals surface area contributed by atoms with Crippen molar-refractivity contribution in [2.75, 3.05) is 0 Å². The molecule has 0 aliphatic carbocycles. The minimum atomic E-state index is 0.479. The Morgan fingerprint density at radius 1 is 0.380 bits per heavy atom. The Morgan fingerprint density at radius 3 is 1.72 bits per heavy atom. The third-order valence-corrected chi connectivity index (χ3v) is 9.65. The lowest BCUT2D eigenvalue weighted by Crippen LogP contribution is -2.00. The minimum Gasteiger partial charge on any atom is -0.309 e. The van der Waals surface area contributed by atoms with Crippen molar-refractivity contribution < 1.29 is 0 Å². The molecule has 0 atom stereocenters. The maximum absolute atomic E-state index is 10.4. The molecule has 5 nitrogen and oxygen atoms in total. The van der Waals surface area contributed by atoms with E-state index in [2.05, 4.69) is 114 Å². The molecule has 0 bridgehead atoms.